The number of hydrogen-bond donors (Lipinski definition) is 1. The second-order valence-electron chi connectivity index (χ2n) is 8.61. The number of morpholine rings is 1. The molecule has 2 fully saturated rings. The zero-order chi connectivity index (χ0) is 23.6. The number of nitrogens with zero attached hydrogens (tertiary/aromatic N) is 2. The molecule has 10 heteroatoms. The summed E-state index contributed by atoms with van der Waals surface area (Å²) in [5.41, 5.74) is 1.96. The van der Waals surface area contributed by atoms with Crippen LogP contribution in [0.5, 0.6) is 0 Å². The van der Waals surface area contributed by atoms with E-state index in [4.69, 9.17) is 4.74 Å². The molecule has 1 N–H and O–H groups in total. The highest BCUT2D eigenvalue weighted by atomic mass is 32.2. The first kappa shape index (κ1) is 23.9. The van der Waals surface area contributed by atoms with Crippen molar-refractivity contribution in [2.24, 2.45) is 5.92 Å². The molecule has 4 rings (SSSR count). The molecule has 2 aromatic rings. The fourth-order valence-electron chi connectivity index (χ4n) is 4.01. The van der Waals surface area contributed by atoms with Gasteiger partial charge in [0, 0.05) is 36.6 Å². The third kappa shape index (κ3) is 5.29. The number of amides is 2. The maximum absolute atomic E-state index is 12.8. The van der Waals surface area contributed by atoms with Crippen molar-refractivity contribution in [3.63, 3.8) is 0 Å². The Morgan fingerprint density at radius 1 is 1.21 bits per heavy atom. The summed E-state index contributed by atoms with van der Waals surface area (Å²) >= 11 is 1.16. The standard InChI is InChI=1S/C23H29N3O5S2/c1-16(2)17-4-3-5-19(12-17)26-15-18(13-21(26)27)23(28)24-14-20-6-7-22(32-20)33(29,30)25-8-10-31-11-9-25/h3-7,12,16,18H,8-11,13-15H2,1-2H3,(H,24,28). The average Bonchev–Trinajstić information content (AvgIpc) is 3.45. The Labute approximate surface area is 198 Å². The SMILES string of the molecule is CC(C)c1cccc(N2CC(C(=O)NCc3ccc(S(=O)(=O)N4CCOCC4)s3)CC2=O)c1. The van der Waals surface area contributed by atoms with E-state index in [-0.39, 0.29) is 29.0 Å². The van der Waals surface area contributed by atoms with Crippen LogP contribution in [-0.2, 0) is 30.9 Å². The largest absolute Gasteiger partial charge is 0.379 e. The van der Waals surface area contributed by atoms with E-state index in [1.54, 1.807) is 17.0 Å². The van der Waals surface area contributed by atoms with Gasteiger partial charge in [0.25, 0.3) is 10.0 Å². The predicted octanol–water partition coefficient (Wildman–Crippen LogP) is 2.56. The van der Waals surface area contributed by atoms with E-state index in [1.165, 1.54) is 4.31 Å². The summed E-state index contributed by atoms with van der Waals surface area (Å²) in [6.07, 6.45) is 0.166. The van der Waals surface area contributed by atoms with Crippen LogP contribution in [0.15, 0.2) is 40.6 Å². The molecule has 1 atom stereocenters. The van der Waals surface area contributed by atoms with Crippen molar-refractivity contribution < 1.29 is 22.7 Å². The van der Waals surface area contributed by atoms with Crippen LogP contribution in [-0.4, -0.2) is 57.4 Å². The lowest BCUT2D eigenvalue weighted by Gasteiger charge is -2.25. The van der Waals surface area contributed by atoms with Crippen LogP contribution >= 0.6 is 11.3 Å². The number of thiophene rings is 1. The molecule has 2 aliphatic heterocycles. The monoisotopic (exact) mass is 491 g/mol. The molecule has 0 radical (unpaired) electrons. The minimum atomic E-state index is -3.54. The van der Waals surface area contributed by atoms with Gasteiger partial charge in [-0.25, -0.2) is 8.42 Å². The molecule has 178 valence electrons. The third-order valence-electron chi connectivity index (χ3n) is 5.98. The highest BCUT2D eigenvalue weighted by Gasteiger charge is 2.35. The van der Waals surface area contributed by atoms with Crippen molar-refractivity contribution in [2.75, 3.05) is 37.7 Å². The summed E-state index contributed by atoms with van der Waals surface area (Å²) in [5.74, 6) is -0.343. The Kier molecular flexibility index (Phi) is 7.18. The summed E-state index contributed by atoms with van der Waals surface area (Å²) in [6.45, 7) is 6.26. The highest BCUT2D eigenvalue weighted by Crippen LogP contribution is 2.29. The van der Waals surface area contributed by atoms with Crippen molar-refractivity contribution >= 4 is 38.9 Å². The van der Waals surface area contributed by atoms with Gasteiger partial charge in [0.1, 0.15) is 4.21 Å². The van der Waals surface area contributed by atoms with E-state index in [9.17, 15) is 18.0 Å². The fraction of sp³-hybridized carbons (Fsp3) is 0.478. The first-order valence-electron chi connectivity index (χ1n) is 11.1. The average molecular weight is 492 g/mol. The number of hydrogen-bond acceptors (Lipinski definition) is 6. The van der Waals surface area contributed by atoms with Crippen molar-refractivity contribution in [1.82, 2.24) is 9.62 Å². The fourth-order valence-corrected chi connectivity index (χ4v) is 6.87. The molecular formula is C23H29N3O5S2. The number of carbonyl (C=O) groups is 2. The lowest BCUT2D eigenvalue weighted by molar-refractivity contribution is -0.126. The second-order valence-corrected chi connectivity index (χ2v) is 11.9. The maximum atomic E-state index is 12.8. The molecule has 1 unspecified atom stereocenters. The van der Waals surface area contributed by atoms with E-state index < -0.39 is 15.9 Å². The predicted molar refractivity (Wildman–Crippen MR) is 127 cm³/mol. The second kappa shape index (κ2) is 9.92. The number of sulfonamides is 1. The smallest absolute Gasteiger partial charge is 0.252 e. The molecule has 1 aromatic carbocycles. The van der Waals surface area contributed by atoms with Gasteiger partial charge < -0.3 is 15.0 Å². The van der Waals surface area contributed by atoms with Crippen LogP contribution in [0.1, 0.15) is 36.6 Å². The maximum Gasteiger partial charge on any atom is 0.252 e. The quantitative estimate of drug-likeness (QED) is 0.642. The molecule has 3 heterocycles. The van der Waals surface area contributed by atoms with Gasteiger partial charge in [-0.3, -0.25) is 9.59 Å². The first-order chi connectivity index (χ1) is 15.8. The first-order valence-corrected chi connectivity index (χ1v) is 13.4. The molecule has 0 spiro atoms. The molecule has 0 aliphatic carbocycles. The van der Waals surface area contributed by atoms with Gasteiger partial charge in [0.15, 0.2) is 0 Å². The Morgan fingerprint density at radius 3 is 2.70 bits per heavy atom. The molecule has 1 aromatic heterocycles. The number of carbonyl (C=O) groups excluding carboxylic acids is 2. The molecule has 0 saturated carbocycles. The summed E-state index contributed by atoms with van der Waals surface area (Å²) < 4.78 is 32.5. The van der Waals surface area contributed by atoms with Crippen molar-refractivity contribution in [3.8, 4) is 0 Å². The van der Waals surface area contributed by atoms with Crippen LogP contribution in [0, 0.1) is 5.92 Å². The van der Waals surface area contributed by atoms with Gasteiger partial charge in [-0.15, -0.1) is 11.3 Å². The van der Waals surface area contributed by atoms with Gasteiger partial charge in [-0.1, -0.05) is 26.0 Å². The van der Waals surface area contributed by atoms with E-state index >= 15 is 0 Å². The molecule has 2 aliphatic rings. The van der Waals surface area contributed by atoms with E-state index in [0.29, 0.717) is 38.8 Å². The molecule has 2 amide bonds. The summed E-state index contributed by atoms with van der Waals surface area (Å²) in [6, 6.07) is 11.2. The molecule has 33 heavy (non-hydrogen) atoms. The Balaban J connectivity index is 1.35. The van der Waals surface area contributed by atoms with Gasteiger partial charge >= 0.3 is 0 Å². The van der Waals surface area contributed by atoms with E-state index in [1.807, 2.05) is 24.3 Å². The van der Waals surface area contributed by atoms with Crippen LogP contribution in [0.2, 0.25) is 0 Å². The van der Waals surface area contributed by atoms with Gasteiger partial charge in [-0.05, 0) is 35.7 Å². The highest BCUT2D eigenvalue weighted by molar-refractivity contribution is 7.91. The van der Waals surface area contributed by atoms with E-state index in [0.717, 1.165) is 27.5 Å². The Morgan fingerprint density at radius 2 is 1.97 bits per heavy atom. The lowest BCUT2D eigenvalue weighted by atomic mass is 10.0. The van der Waals surface area contributed by atoms with Crippen molar-refractivity contribution in [1.29, 1.82) is 0 Å². The molecule has 2 saturated heterocycles. The zero-order valence-corrected chi connectivity index (χ0v) is 20.5. The van der Waals surface area contributed by atoms with Crippen LogP contribution in [0.3, 0.4) is 0 Å². The number of rotatable bonds is 7. The lowest BCUT2D eigenvalue weighted by Crippen LogP contribution is -2.40. The summed E-state index contributed by atoms with van der Waals surface area (Å²) in [7, 11) is -3.54. The van der Waals surface area contributed by atoms with Gasteiger partial charge in [0.2, 0.25) is 11.8 Å². The van der Waals surface area contributed by atoms with Crippen molar-refractivity contribution in [2.45, 2.75) is 36.9 Å². The normalized spacial score (nSPS) is 19.9. The third-order valence-corrected chi connectivity index (χ3v) is 9.43. The van der Waals surface area contributed by atoms with Crippen LogP contribution < -0.4 is 10.2 Å². The summed E-state index contributed by atoms with van der Waals surface area (Å²) in [5, 5.41) is 2.87. The Bertz CT molecular complexity index is 1120. The summed E-state index contributed by atoms with van der Waals surface area (Å²) in [4.78, 5) is 27.7. The van der Waals surface area contributed by atoms with Gasteiger partial charge in [-0.2, -0.15) is 4.31 Å². The minimum Gasteiger partial charge on any atom is -0.379 e. The van der Waals surface area contributed by atoms with Crippen molar-refractivity contribution in [3.05, 3.63) is 46.8 Å². The number of benzene rings is 1. The molecule has 0 bridgehead atoms. The number of anilines is 1. The van der Waals surface area contributed by atoms with Gasteiger partial charge in [0.05, 0.1) is 25.7 Å². The minimum absolute atomic E-state index is 0.0638. The van der Waals surface area contributed by atoms with Crippen LogP contribution in [0.25, 0.3) is 0 Å². The number of nitrogens with one attached hydrogen (secondary N) is 1. The zero-order valence-electron chi connectivity index (χ0n) is 18.8. The Hall–Kier alpha value is -2.27. The van der Waals surface area contributed by atoms with Crippen LogP contribution in [0.4, 0.5) is 5.69 Å². The number of ether oxygens (including phenoxy) is 1. The molecular weight excluding hydrogens is 462 g/mol. The van der Waals surface area contributed by atoms with E-state index in [2.05, 4.69) is 19.2 Å². The molecule has 8 nitrogen and oxygen atoms in total. The topological polar surface area (TPSA) is 96.0 Å².